The fraction of sp³-hybridized carbons (Fsp3) is 0.857. The van der Waals surface area contributed by atoms with E-state index in [1.807, 2.05) is 13.8 Å². The van der Waals surface area contributed by atoms with Crippen molar-refractivity contribution in [1.29, 1.82) is 0 Å². The van der Waals surface area contributed by atoms with Crippen molar-refractivity contribution in [3.05, 3.63) is 0 Å². The lowest BCUT2D eigenvalue weighted by Gasteiger charge is -2.44. The number of halogens is 3. The van der Waals surface area contributed by atoms with Crippen molar-refractivity contribution in [2.24, 2.45) is 5.92 Å². The van der Waals surface area contributed by atoms with Crippen LogP contribution in [-0.2, 0) is 9.59 Å². The number of rotatable bonds is 5. The minimum Gasteiger partial charge on any atom is -0.342 e. The molecule has 0 aromatic rings. The molecule has 1 aliphatic rings. The minimum absolute atomic E-state index is 0.0621. The number of nitrogens with zero attached hydrogens (tertiary/aromatic N) is 1. The van der Waals surface area contributed by atoms with Crippen LogP contribution in [0.5, 0.6) is 0 Å². The summed E-state index contributed by atoms with van der Waals surface area (Å²) in [5.41, 5.74) is -1.11. The SMILES string of the molecule is CC(C)CC1NC(=O)C(C)(C)N(CCCC(F)(F)F)C1=O. The molecule has 4 nitrogen and oxygen atoms in total. The van der Waals surface area contributed by atoms with E-state index in [0.29, 0.717) is 6.42 Å². The van der Waals surface area contributed by atoms with Gasteiger partial charge in [0.05, 0.1) is 0 Å². The molecule has 0 saturated carbocycles. The first-order valence-corrected chi connectivity index (χ1v) is 7.14. The molecule has 1 saturated heterocycles. The number of carbonyl (C=O) groups excluding carboxylic acids is 2. The van der Waals surface area contributed by atoms with Gasteiger partial charge in [0.15, 0.2) is 0 Å². The number of alkyl halides is 3. The molecule has 7 heteroatoms. The van der Waals surface area contributed by atoms with Crippen LogP contribution in [0.3, 0.4) is 0 Å². The first kappa shape index (κ1) is 17.8. The molecule has 1 heterocycles. The fourth-order valence-electron chi connectivity index (χ4n) is 2.44. The summed E-state index contributed by atoms with van der Waals surface area (Å²) in [6.07, 6.45) is -4.91. The van der Waals surface area contributed by atoms with Gasteiger partial charge >= 0.3 is 6.18 Å². The topological polar surface area (TPSA) is 49.4 Å². The molecule has 1 unspecified atom stereocenters. The van der Waals surface area contributed by atoms with Crippen LogP contribution in [0.4, 0.5) is 13.2 Å². The molecule has 0 aliphatic carbocycles. The summed E-state index contributed by atoms with van der Waals surface area (Å²) in [5, 5.41) is 2.67. The van der Waals surface area contributed by atoms with Crippen LogP contribution in [-0.4, -0.2) is 41.0 Å². The molecular weight excluding hydrogens is 285 g/mol. The van der Waals surface area contributed by atoms with E-state index in [-0.39, 0.29) is 30.7 Å². The van der Waals surface area contributed by atoms with E-state index in [0.717, 1.165) is 0 Å². The Balaban J connectivity index is 2.80. The normalized spacial score (nSPS) is 22.7. The van der Waals surface area contributed by atoms with Crippen molar-refractivity contribution in [3.8, 4) is 0 Å². The molecule has 1 rings (SSSR count). The van der Waals surface area contributed by atoms with Crippen molar-refractivity contribution < 1.29 is 22.8 Å². The van der Waals surface area contributed by atoms with Gasteiger partial charge in [-0.3, -0.25) is 9.59 Å². The van der Waals surface area contributed by atoms with E-state index in [4.69, 9.17) is 0 Å². The number of nitrogens with one attached hydrogen (secondary N) is 1. The zero-order valence-electron chi connectivity index (χ0n) is 12.9. The molecule has 0 radical (unpaired) electrons. The van der Waals surface area contributed by atoms with E-state index >= 15 is 0 Å². The highest BCUT2D eigenvalue weighted by Gasteiger charge is 2.46. The minimum atomic E-state index is -4.25. The molecule has 0 bridgehead atoms. The smallest absolute Gasteiger partial charge is 0.342 e. The van der Waals surface area contributed by atoms with Crippen molar-refractivity contribution in [2.45, 2.75) is 64.7 Å². The summed E-state index contributed by atoms with van der Waals surface area (Å²) < 4.78 is 36.7. The van der Waals surface area contributed by atoms with Crippen LogP contribution < -0.4 is 5.32 Å². The Kier molecular flexibility index (Phi) is 5.28. The van der Waals surface area contributed by atoms with Crippen LogP contribution in [0.2, 0.25) is 0 Å². The summed E-state index contributed by atoms with van der Waals surface area (Å²) in [5.74, 6) is -0.410. The molecule has 21 heavy (non-hydrogen) atoms. The third kappa shape index (κ3) is 4.61. The second-order valence-corrected chi connectivity index (χ2v) is 6.42. The zero-order chi connectivity index (χ0) is 16.4. The van der Waals surface area contributed by atoms with Gasteiger partial charge in [-0.2, -0.15) is 13.2 Å². The highest BCUT2D eigenvalue weighted by molar-refractivity contribution is 5.99. The van der Waals surface area contributed by atoms with E-state index in [2.05, 4.69) is 5.32 Å². The Hall–Kier alpha value is -1.27. The van der Waals surface area contributed by atoms with Gasteiger partial charge in [0.2, 0.25) is 11.8 Å². The molecule has 1 N–H and O–H groups in total. The van der Waals surface area contributed by atoms with E-state index < -0.39 is 24.2 Å². The van der Waals surface area contributed by atoms with Crippen LogP contribution >= 0.6 is 0 Å². The molecule has 122 valence electrons. The summed E-state index contributed by atoms with van der Waals surface area (Å²) in [6.45, 7) is 6.90. The van der Waals surface area contributed by atoms with Gasteiger partial charge in [-0.1, -0.05) is 13.8 Å². The van der Waals surface area contributed by atoms with Crippen molar-refractivity contribution in [3.63, 3.8) is 0 Å². The summed E-state index contributed by atoms with van der Waals surface area (Å²) in [7, 11) is 0. The molecule has 0 aromatic heterocycles. The fourth-order valence-corrected chi connectivity index (χ4v) is 2.44. The monoisotopic (exact) mass is 308 g/mol. The lowest BCUT2D eigenvalue weighted by atomic mass is 9.92. The second-order valence-electron chi connectivity index (χ2n) is 6.42. The van der Waals surface area contributed by atoms with Crippen LogP contribution in [0.25, 0.3) is 0 Å². The lowest BCUT2D eigenvalue weighted by molar-refractivity contribution is -0.158. The zero-order valence-corrected chi connectivity index (χ0v) is 12.9. The number of amides is 2. The van der Waals surface area contributed by atoms with Gasteiger partial charge in [0.1, 0.15) is 11.6 Å². The first-order valence-electron chi connectivity index (χ1n) is 7.14. The summed E-state index contributed by atoms with van der Waals surface area (Å²) in [4.78, 5) is 25.8. The molecule has 1 atom stereocenters. The Bertz CT molecular complexity index is 406. The van der Waals surface area contributed by atoms with Crippen molar-refractivity contribution in [2.75, 3.05) is 6.54 Å². The number of hydrogen-bond acceptors (Lipinski definition) is 2. The first-order chi connectivity index (χ1) is 9.45. The Labute approximate surface area is 123 Å². The van der Waals surface area contributed by atoms with E-state index in [1.165, 1.54) is 4.90 Å². The third-order valence-electron chi connectivity index (χ3n) is 3.65. The Morgan fingerprint density at radius 3 is 2.33 bits per heavy atom. The maximum atomic E-state index is 12.4. The quantitative estimate of drug-likeness (QED) is 0.848. The van der Waals surface area contributed by atoms with Crippen LogP contribution in [0.1, 0.15) is 47.0 Å². The van der Waals surface area contributed by atoms with Gasteiger partial charge in [-0.15, -0.1) is 0 Å². The Morgan fingerprint density at radius 2 is 1.86 bits per heavy atom. The van der Waals surface area contributed by atoms with Gasteiger partial charge in [0.25, 0.3) is 0 Å². The Morgan fingerprint density at radius 1 is 1.29 bits per heavy atom. The summed E-state index contributed by atoms with van der Waals surface area (Å²) in [6, 6.07) is -0.642. The van der Waals surface area contributed by atoms with Gasteiger partial charge < -0.3 is 10.2 Å². The van der Waals surface area contributed by atoms with Gasteiger partial charge in [-0.05, 0) is 32.6 Å². The maximum Gasteiger partial charge on any atom is 0.389 e. The second kappa shape index (κ2) is 6.23. The van der Waals surface area contributed by atoms with Crippen LogP contribution in [0.15, 0.2) is 0 Å². The average molecular weight is 308 g/mol. The average Bonchev–Trinajstić information content (AvgIpc) is 2.29. The molecule has 0 spiro atoms. The van der Waals surface area contributed by atoms with Crippen molar-refractivity contribution >= 4 is 11.8 Å². The van der Waals surface area contributed by atoms with E-state index in [1.54, 1.807) is 13.8 Å². The molecule has 0 aromatic carbocycles. The number of hydrogen-bond donors (Lipinski definition) is 1. The van der Waals surface area contributed by atoms with Crippen molar-refractivity contribution in [1.82, 2.24) is 10.2 Å². The van der Waals surface area contributed by atoms with Gasteiger partial charge in [0, 0.05) is 13.0 Å². The highest BCUT2D eigenvalue weighted by atomic mass is 19.4. The predicted molar refractivity (Wildman–Crippen MR) is 72.5 cm³/mol. The molecule has 1 fully saturated rings. The van der Waals surface area contributed by atoms with Gasteiger partial charge in [-0.25, -0.2) is 0 Å². The number of carbonyl (C=O) groups is 2. The van der Waals surface area contributed by atoms with Crippen LogP contribution in [0, 0.1) is 5.92 Å². The number of piperazine rings is 1. The summed E-state index contributed by atoms with van der Waals surface area (Å²) >= 11 is 0. The molecule has 1 aliphatic heterocycles. The standard InChI is InChI=1S/C14H23F3N2O2/c1-9(2)8-10-11(20)19(7-5-6-14(15,16)17)13(3,4)12(21)18-10/h9-10H,5-8H2,1-4H3,(H,18,21). The third-order valence-corrected chi connectivity index (χ3v) is 3.65. The predicted octanol–water partition coefficient (Wildman–Crippen LogP) is 2.48. The largest absolute Gasteiger partial charge is 0.389 e. The lowest BCUT2D eigenvalue weighted by Crippen LogP contribution is -2.68. The highest BCUT2D eigenvalue weighted by Crippen LogP contribution is 2.26. The van der Waals surface area contributed by atoms with E-state index in [9.17, 15) is 22.8 Å². The molecular formula is C14H23F3N2O2. The molecule has 2 amide bonds. The maximum absolute atomic E-state index is 12.4.